The smallest absolute Gasteiger partial charge is 0.292 e. The molecule has 2 aromatic carbocycles. The van der Waals surface area contributed by atoms with Crippen LogP contribution in [0.3, 0.4) is 0 Å². The van der Waals surface area contributed by atoms with E-state index in [1.54, 1.807) is 0 Å². The Balaban J connectivity index is 1.61. The van der Waals surface area contributed by atoms with Gasteiger partial charge in [-0.25, -0.2) is 4.99 Å². The number of rotatable bonds is 3. The summed E-state index contributed by atoms with van der Waals surface area (Å²) in [7, 11) is 0. The summed E-state index contributed by atoms with van der Waals surface area (Å²) in [5.74, 6) is 0.128. The molecule has 0 aromatic heterocycles. The molecule has 2 aromatic rings. The summed E-state index contributed by atoms with van der Waals surface area (Å²) in [4.78, 5) is 17.6. The Hall–Kier alpha value is -2.53. The van der Waals surface area contributed by atoms with Crippen molar-refractivity contribution in [3.05, 3.63) is 59.6 Å². The van der Waals surface area contributed by atoms with Crippen LogP contribution >= 0.6 is 11.6 Å². The summed E-state index contributed by atoms with van der Waals surface area (Å²) in [5, 5.41) is 5.63. The number of para-hydroxylation sites is 1. The van der Waals surface area contributed by atoms with Crippen LogP contribution < -0.4 is 15.8 Å². The molecule has 2 aliphatic rings. The molecule has 0 atom stereocenters. The zero-order chi connectivity index (χ0) is 18.0. The number of hydrazine groups is 1. The highest BCUT2D eigenvalue weighted by molar-refractivity contribution is 6.43. The van der Waals surface area contributed by atoms with E-state index < -0.39 is 5.66 Å². The van der Waals surface area contributed by atoms with Gasteiger partial charge in [-0.3, -0.25) is 15.2 Å². The van der Waals surface area contributed by atoms with Crippen LogP contribution in [-0.4, -0.2) is 17.4 Å². The maximum Gasteiger partial charge on any atom is 0.292 e. The van der Waals surface area contributed by atoms with Crippen LogP contribution in [-0.2, 0) is 4.79 Å². The van der Waals surface area contributed by atoms with E-state index in [-0.39, 0.29) is 5.91 Å². The standard InChI is InChI=1S/C20H21ClN4O/c21-15-9-11-17(12-10-15)25-20(13-5-2-6-14-20)23-18(24-25)19(26)22-16-7-3-1-4-8-16/h1,3-4,7-12H,2,5-6,13-14H2,(H,22,26)(H,23,24). The first kappa shape index (κ1) is 16.9. The average Bonchev–Trinajstić information content (AvgIpc) is 3.03. The summed E-state index contributed by atoms with van der Waals surface area (Å²) < 4.78 is 0. The molecule has 1 aliphatic carbocycles. The van der Waals surface area contributed by atoms with E-state index in [1.165, 1.54) is 6.42 Å². The molecule has 5 nitrogen and oxygen atoms in total. The van der Waals surface area contributed by atoms with Crippen LogP contribution in [0.1, 0.15) is 32.1 Å². The zero-order valence-electron chi connectivity index (χ0n) is 14.4. The average molecular weight is 369 g/mol. The minimum Gasteiger partial charge on any atom is -0.319 e. The van der Waals surface area contributed by atoms with Crippen molar-refractivity contribution < 1.29 is 4.79 Å². The second-order valence-corrected chi connectivity index (χ2v) is 7.18. The van der Waals surface area contributed by atoms with Crippen molar-refractivity contribution in [3.63, 3.8) is 0 Å². The Labute approximate surface area is 158 Å². The molecule has 6 heteroatoms. The van der Waals surface area contributed by atoms with Gasteiger partial charge in [0.05, 0.1) is 5.69 Å². The Morgan fingerprint density at radius 2 is 1.73 bits per heavy atom. The van der Waals surface area contributed by atoms with Gasteiger partial charge < -0.3 is 5.32 Å². The van der Waals surface area contributed by atoms with Crippen molar-refractivity contribution in [1.29, 1.82) is 0 Å². The molecule has 1 heterocycles. The SMILES string of the molecule is O=C(Nc1ccccc1)C1=NC2(CCCCC2)N(c2ccc(Cl)cc2)N1. The van der Waals surface area contributed by atoms with Gasteiger partial charge in [-0.2, -0.15) is 0 Å². The Bertz CT molecular complexity index is 813. The summed E-state index contributed by atoms with van der Waals surface area (Å²) in [6.45, 7) is 0. The van der Waals surface area contributed by atoms with Gasteiger partial charge in [0.2, 0.25) is 5.84 Å². The molecule has 1 spiro atoms. The lowest BCUT2D eigenvalue weighted by Crippen LogP contribution is -2.52. The minimum atomic E-state index is -0.407. The van der Waals surface area contributed by atoms with Crippen LogP contribution in [0.25, 0.3) is 0 Å². The number of carbonyl (C=O) groups is 1. The first-order chi connectivity index (χ1) is 12.7. The third kappa shape index (κ3) is 3.27. The molecule has 1 aliphatic heterocycles. The predicted molar refractivity (Wildman–Crippen MR) is 105 cm³/mol. The number of amides is 1. The molecule has 0 unspecified atom stereocenters. The van der Waals surface area contributed by atoms with Gasteiger partial charge in [0.25, 0.3) is 5.91 Å². The molecule has 26 heavy (non-hydrogen) atoms. The number of nitrogens with one attached hydrogen (secondary N) is 2. The maximum absolute atomic E-state index is 12.7. The lowest BCUT2D eigenvalue weighted by atomic mass is 9.89. The number of amidine groups is 1. The Kier molecular flexibility index (Phi) is 4.55. The first-order valence-electron chi connectivity index (χ1n) is 8.95. The monoisotopic (exact) mass is 368 g/mol. The number of benzene rings is 2. The number of nitrogens with zero attached hydrogens (tertiary/aromatic N) is 2. The van der Waals surface area contributed by atoms with E-state index in [9.17, 15) is 4.79 Å². The second-order valence-electron chi connectivity index (χ2n) is 6.75. The van der Waals surface area contributed by atoms with Gasteiger partial charge in [0.1, 0.15) is 0 Å². The zero-order valence-corrected chi connectivity index (χ0v) is 15.2. The summed E-state index contributed by atoms with van der Waals surface area (Å²) in [6, 6.07) is 17.1. The molecular weight excluding hydrogens is 348 g/mol. The fourth-order valence-corrected chi connectivity index (χ4v) is 3.78. The fraction of sp³-hybridized carbons (Fsp3) is 0.300. The number of aliphatic imine (C=N–C) groups is 1. The molecule has 1 amide bonds. The molecule has 0 saturated heterocycles. The van der Waals surface area contributed by atoms with Crippen molar-refractivity contribution >= 4 is 34.7 Å². The molecular formula is C20H21ClN4O. The highest BCUT2D eigenvalue weighted by Crippen LogP contribution is 2.39. The number of halogens is 1. The molecule has 0 bridgehead atoms. The van der Waals surface area contributed by atoms with Gasteiger partial charge in [-0.15, -0.1) is 0 Å². The number of hydrogen-bond acceptors (Lipinski definition) is 4. The highest BCUT2D eigenvalue weighted by Gasteiger charge is 2.44. The molecule has 1 fully saturated rings. The molecule has 4 rings (SSSR count). The van der Waals surface area contributed by atoms with Gasteiger partial charge in [-0.05, 0) is 62.1 Å². The molecule has 0 radical (unpaired) electrons. The van der Waals surface area contributed by atoms with E-state index in [1.807, 2.05) is 59.6 Å². The summed E-state index contributed by atoms with van der Waals surface area (Å²) in [6.07, 6.45) is 5.25. The van der Waals surface area contributed by atoms with Gasteiger partial charge >= 0.3 is 0 Å². The number of hydrogen-bond donors (Lipinski definition) is 2. The molecule has 1 saturated carbocycles. The predicted octanol–water partition coefficient (Wildman–Crippen LogP) is 4.36. The lowest BCUT2D eigenvalue weighted by molar-refractivity contribution is -0.110. The van der Waals surface area contributed by atoms with Crippen LogP contribution in [0, 0.1) is 0 Å². The molecule has 134 valence electrons. The quantitative estimate of drug-likeness (QED) is 0.846. The highest BCUT2D eigenvalue weighted by atomic mass is 35.5. The maximum atomic E-state index is 12.7. The van der Waals surface area contributed by atoms with Gasteiger partial charge in [0.15, 0.2) is 5.66 Å². The van der Waals surface area contributed by atoms with Crippen molar-refractivity contribution in [2.24, 2.45) is 4.99 Å². The Morgan fingerprint density at radius 1 is 1.04 bits per heavy atom. The van der Waals surface area contributed by atoms with Crippen LogP contribution in [0.2, 0.25) is 5.02 Å². The van der Waals surface area contributed by atoms with Crippen molar-refractivity contribution in [2.75, 3.05) is 10.3 Å². The lowest BCUT2D eigenvalue weighted by Gasteiger charge is -2.39. The van der Waals surface area contributed by atoms with Crippen molar-refractivity contribution in [3.8, 4) is 0 Å². The topological polar surface area (TPSA) is 56.7 Å². The first-order valence-corrected chi connectivity index (χ1v) is 9.33. The second kappa shape index (κ2) is 7.00. The van der Waals surface area contributed by atoms with E-state index in [4.69, 9.17) is 16.6 Å². The minimum absolute atomic E-state index is 0.224. The van der Waals surface area contributed by atoms with E-state index >= 15 is 0 Å². The molecule has 2 N–H and O–H groups in total. The van der Waals surface area contributed by atoms with Gasteiger partial charge in [0, 0.05) is 10.7 Å². The Morgan fingerprint density at radius 3 is 2.42 bits per heavy atom. The number of anilines is 2. The van der Waals surface area contributed by atoms with Crippen LogP contribution in [0.15, 0.2) is 59.6 Å². The third-order valence-electron chi connectivity index (χ3n) is 4.94. The van der Waals surface area contributed by atoms with Crippen molar-refractivity contribution in [2.45, 2.75) is 37.8 Å². The van der Waals surface area contributed by atoms with Crippen LogP contribution in [0.4, 0.5) is 11.4 Å². The van der Waals surface area contributed by atoms with E-state index in [0.717, 1.165) is 37.1 Å². The summed E-state index contributed by atoms with van der Waals surface area (Å²) >= 11 is 6.03. The van der Waals surface area contributed by atoms with E-state index in [0.29, 0.717) is 10.9 Å². The van der Waals surface area contributed by atoms with Gasteiger partial charge in [-0.1, -0.05) is 36.2 Å². The van der Waals surface area contributed by atoms with Crippen LogP contribution in [0.5, 0.6) is 0 Å². The van der Waals surface area contributed by atoms with Crippen molar-refractivity contribution in [1.82, 2.24) is 5.43 Å². The summed E-state index contributed by atoms with van der Waals surface area (Å²) in [5.41, 5.74) is 4.54. The normalized spacial score (nSPS) is 18.3. The third-order valence-corrected chi connectivity index (χ3v) is 5.19. The largest absolute Gasteiger partial charge is 0.319 e. The van der Waals surface area contributed by atoms with E-state index in [2.05, 4.69) is 10.7 Å². The fourth-order valence-electron chi connectivity index (χ4n) is 3.65. The number of carbonyl (C=O) groups excluding carboxylic acids is 1.